The van der Waals surface area contributed by atoms with Gasteiger partial charge in [0.25, 0.3) is 0 Å². The van der Waals surface area contributed by atoms with Crippen LogP contribution in [-0.4, -0.2) is 24.8 Å². The van der Waals surface area contributed by atoms with Gasteiger partial charge in [0.05, 0.1) is 5.41 Å². The Hall–Kier alpha value is -0.960. The van der Waals surface area contributed by atoms with Gasteiger partial charge in [-0.25, -0.2) is 5.09 Å². The van der Waals surface area contributed by atoms with Crippen LogP contribution in [0, 0.1) is 5.41 Å². The van der Waals surface area contributed by atoms with E-state index in [-0.39, 0.29) is 6.61 Å². The summed E-state index contributed by atoms with van der Waals surface area (Å²) in [7, 11) is 0. The summed E-state index contributed by atoms with van der Waals surface area (Å²) in [5, 5.41) is -0.806. The lowest BCUT2D eigenvalue weighted by Gasteiger charge is -2.20. The third kappa shape index (κ3) is 8.80. The number of nitrogens with one attached hydrogen (secondary N) is 1. The van der Waals surface area contributed by atoms with Gasteiger partial charge < -0.3 is 9.47 Å². The van der Waals surface area contributed by atoms with Gasteiger partial charge in [-0.2, -0.15) is 0 Å². The molecule has 1 aromatic rings. The predicted molar refractivity (Wildman–Crippen MR) is 102 cm³/mol. The minimum Gasteiger partial charge on any atom is -0.460 e. The molecule has 9 heteroatoms. The quantitative estimate of drug-likeness (QED) is 0.260. The Morgan fingerprint density at radius 1 is 1.20 bits per heavy atom. The number of esters is 2. The van der Waals surface area contributed by atoms with Crippen molar-refractivity contribution in [3.8, 4) is 0 Å². The number of ether oxygens (including phenoxy) is 2. The average molecular weight is 483 g/mol. The summed E-state index contributed by atoms with van der Waals surface area (Å²) in [6, 6.07) is 8.38. The molecule has 0 saturated heterocycles. The second-order valence-corrected chi connectivity index (χ2v) is 11.6. The van der Waals surface area contributed by atoms with Crippen LogP contribution in [0.3, 0.4) is 0 Å². The predicted octanol–water partition coefficient (Wildman–Crippen LogP) is 3.81. The van der Waals surface area contributed by atoms with Gasteiger partial charge in [0, 0.05) is 22.0 Å². The summed E-state index contributed by atoms with van der Waals surface area (Å²) in [5.41, 5.74) is 0.173. The zero-order valence-electron chi connectivity index (χ0n) is 14.7. The molecule has 0 fully saturated rings. The Kier molecular flexibility index (Phi) is 8.53. The molecular weight excluding hydrogens is 460 g/mol. The first-order valence-corrected chi connectivity index (χ1v) is 12.0. The van der Waals surface area contributed by atoms with Crippen molar-refractivity contribution < 1.29 is 28.2 Å². The van der Waals surface area contributed by atoms with Gasteiger partial charge in [0.1, 0.15) is 12.6 Å². The van der Waals surface area contributed by atoms with Crippen molar-refractivity contribution >= 4 is 39.1 Å². The lowest BCUT2D eigenvalue weighted by Crippen LogP contribution is -2.33. The van der Waals surface area contributed by atoms with E-state index in [1.54, 1.807) is 42.8 Å². The molecule has 1 rings (SSSR count). The number of halogens is 1. The molecule has 0 radical (unpaired) electrons. The van der Waals surface area contributed by atoms with Crippen LogP contribution < -0.4 is 5.09 Å². The molecule has 0 aromatic heterocycles. The van der Waals surface area contributed by atoms with E-state index in [0.717, 1.165) is 5.56 Å². The highest BCUT2D eigenvalue weighted by atomic mass is 127. The molecule has 0 aliphatic carbocycles. The molecule has 1 aromatic carbocycles. The van der Waals surface area contributed by atoms with Gasteiger partial charge >= 0.3 is 17.1 Å². The van der Waals surface area contributed by atoms with Crippen LogP contribution in [0.1, 0.15) is 33.3 Å². The van der Waals surface area contributed by atoms with Gasteiger partial charge in [0.15, 0.2) is 0 Å². The number of carbonyl (C=O) groups excluding carboxylic acids is 2. The van der Waals surface area contributed by atoms with Crippen LogP contribution in [0.15, 0.2) is 30.3 Å². The highest BCUT2D eigenvalue weighted by molar-refractivity contribution is 14.2. The molecule has 140 valence electrons. The van der Waals surface area contributed by atoms with Crippen LogP contribution >= 0.6 is 27.2 Å². The molecule has 1 N–H and O–H groups in total. The first-order valence-electron chi connectivity index (χ1n) is 7.61. The summed E-state index contributed by atoms with van der Waals surface area (Å²) in [4.78, 5) is 23.6. The largest absolute Gasteiger partial charge is 0.460 e. The van der Waals surface area contributed by atoms with Crippen molar-refractivity contribution in [3.05, 3.63) is 35.9 Å². The highest BCUT2D eigenvalue weighted by Gasteiger charge is 2.28. The molecule has 0 saturated carbocycles. The highest BCUT2D eigenvalue weighted by Crippen LogP contribution is 2.52. The average Bonchev–Trinajstić information content (AvgIpc) is 2.51. The molecular formula is C16H23INO6P. The van der Waals surface area contributed by atoms with Gasteiger partial charge in [0.2, 0.25) is 6.79 Å². The van der Waals surface area contributed by atoms with Crippen molar-refractivity contribution in [2.75, 3.05) is 6.79 Å². The van der Waals surface area contributed by atoms with Crippen molar-refractivity contribution in [3.63, 3.8) is 0 Å². The summed E-state index contributed by atoms with van der Waals surface area (Å²) >= 11 is 1.56. The number of benzene rings is 1. The monoisotopic (exact) mass is 483 g/mol. The minimum absolute atomic E-state index is 0.126. The standard InChI is InChI=1S/C16H23INO6P/c1-12(14(19)22-10-13-8-6-5-7-9-13)18-25(17,21)24-11-23-15(20)16(2,3)4/h5-9,12H,10-11H2,1-4H3,(H,18,21)/t12-,25?/m0/s1. The molecule has 0 heterocycles. The summed E-state index contributed by atoms with van der Waals surface area (Å²) in [5.74, 6) is -1.03. The molecule has 2 atom stereocenters. The topological polar surface area (TPSA) is 90.9 Å². The molecule has 0 bridgehead atoms. The summed E-state index contributed by atoms with van der Waals surface area (Å²) < 4.78 is 27.4. The number of rotatable bonds is 8. The van der Waals surface area contributed by atoms with Gasteiger partial charge in [-0.15, -0.1) is 0 Å². The molecule has 1 unspecified atom stereocenters. The number of hydrogen-bond donors (Lipinski definition) is 1. The van der Waals surface area contributed by atoms with E-state index in [9.17, 15) is 14.2 Å². The van der Waals surface area contributed by atoms with Crippen LogP contribution in [0.25, 0.3) is 0 Å². The Bertz CT molecular complexity index is 631. The Balaban J connectivity index is 2.40. The molecule has 0 spiro atoms. The summed E-state index contributed by atoms with van der Waals surface area (Å²) in [6.07, 6.45) is 0. The maximum absolute atomic E-state index is 12.3. The van der Waals surface area contributed by atoms with E-state index in [1.807, 2.05) is 30.3 Å². The molecule has 25 heavy (non-hydrogen) atoms. The van der Waals surface area contributed by atoms with E-state index in [2.05, 4.69) is 5.09 Å². The third-order valence-corrected chi connectivity index (χ3v) is 5.75. The SMILES string of the molecule is C[C@H](NP(=O)(I)OCOC(=O)C(C)(C)C)C(=O)OCc1ccccc1. The summed E-state index contributed by atoms with van der Waals surface area (Å²) in [6.45, 7) is 6.27. The second kappa shape index (κ2) is 9.66. The molecule has 0 aliphatic rings. The number of hydrogen-bond acceptors (Lipinski definition) is 6. The lowest BCUT2D eigenvalue weighted by molar-refractivity contribution is -0.159. The lowest BCUT2D eigenvalue weighted by atomic mass is 9.98. The molecule has 7 nitrogen and oxygen atoms in total. The Morgan fingerprint density at radius 3 is 2.36 bits per heavy atom. The van der Waals surface area contributed by atoms with E-state index in [0.29, 0.717) is 0 Å². The second-order valence-electron chi connectivity index (χ2n) is 6.35. The fraction of sp³-hybridized carbons (Fsp3) is 0.500. The fourth-order valence-electron chi connectivity index (χ4n) is 1.54. The van der Waals surface area contributed by atoms with Crippen molar-refractivity contribution in [2.24, 2.45) is 5.41 Å². The fourth-order valence-corrected chi connectivity index (χ4v) is 3.96. The van der Waals surface area contributed by atoms with Crippen molar-refractivity contribution in [1.29, 1.82) is 0 Å². The normalized spacial score (nSPS) is 15.1. The zero-order valence-corrected chi connectivity index (χ0v) is 17.7. The molecule has 0 aliphatic heterocycles. The Morgan fingerprint density at radius 2 is 1.80 bits per heavy atom. The van der Waals surface area contributed by atoms with Gasteiger partial charge in [-0.1, -0.05) is 30.3 Å². The third-order valence-electron chi connectivity index (χ3n) is 2.95. The van der Waals surface area contributed by atoms with Crippen LogP contribution in [0.5, 0.6) is 0 Å². The first-order chi connectivity index (χ1) is 11.5. The van der Waals surface area contributed by atoms with Crippen LogP contribution in [0.2, 0.25) is 0 Å². The maximum atomic E-state index is 12.3. The molecule has 0 amide bonds. The number of carbonyl (C=O) groups is 2. The van der Waals surface area contributed by atoms with Crippen LogP contribution in [0.4, 0.5) is 0 Å². The van der Waals surface area contributed by atoms with Gasteiger partial charge in [-0.3, -0.25) is 18.7 Å². The van der Waals surface area contributed by atoms with E-state index in [1.165, 1.54) is 6.92 Å². The van der Waals surface area contributed by atoms with Crippen molar-refractivity contribution in [1.82, 2.24) is 5.09 Å². The maximum Gasteiger partial charge on any atom is 0.330 e. The van der Waals surface area contributed by atoms with Crippen LogP contribution in [-0.2, 0) is 34.8 Å². The van der Waals surface area contributed by atoms with E-state index >= 15 is 0 Å². The van der Waals surface area contributed by atoms with E-state index in [4.69, 9.17) is 14.0 Å². The van der Waals surface area contributed by atoms with E-state index < -0.39 is 35.4 Å². The first kappa shape index (κ1) is 22.1. The zero-order chi connectivity index (χ0) is 19.1. The Labute approximate surface area is 160 Å². The van der Waals surface area contributed by atoms with Gasteiger partial charge in [-0.05, 0) is 33.3 Å². The van der Waals surface area contributed by atoms with Crippen molar-refractivity contribution in [2.45, 2.75) is 40.3 Å². The minimum atomic E-state index is -3.36. The smallest absolute Gasteiger partial charge is 0.330 e.